The molecular formula is C17H26N2. The summed E-state index contributed by atoms with van der Waals surface area (Å²) in [6, 6.07) is 9.83. The average molecular weight is 258 g/mol. The first-order chi connectivity index (χ1) is 9.22. The molecule has 1 atom stereocenters. The van der Waals surface area contributed by atoms with E-state index in [-0.39, 0.29) is 0 Å². The standard InChI is InChI=1S/C17H26N2/c1-13(2)15-5-3-14(4-6-15)11-18-17-12-19-9-7-16(17)8-10-19/h3-6,13,16-18H,7-12H2,1-2H3/t17-/m1/s1. The molecule has 104 valence electrons. The normalized spacial score (nSPS) is 29.9. The van der Waals surface area contributed by atoms with Gasteiger partial charge in [-0.2, -0.15) is 0 Å². The van der Waals surface area contributed by atoms with Gasteiger partial charge in [0.1, 0.15) is 0 Å². The first-order valence-corrected chi connectivity index (χ1v) is 7.77. The molecule has 3 heterocycles. The van der Waals surface area contributed by atoms with E-state index in [1.165, 1.54) is 43.6 Å². The van der Waals surface area contributed by atoms with E-state index in [9.17, 15) is 0 Å². The van der Waals surface area contributed by atoms with Gasteiger partial charge in [-0.05, 0) is 48.9 Å². The Labute approximate surface area is 117 Å². The molecule has 0 aromatic heterocycles. The van der Waals surface area contributed by atoms with Crippen molar-refractivity contribution >= 4 is 0 Å². The van der Waals surface area contributed by atoms with Crippen LogP contribution in [0.5, 0.6) is 0 Å². The molecule has 3 aliphatic rings. The lowest BCUT2D eigenvalue weighted by molar-refractivity contribution is 0.0720. The van der Waals surface area contributed by atoms with Crippen LogP contribution >= 0.6 is 0 Å². The first kappa shape index (κ1) is 13.1. The maximum atomic E-state index is 3.78. The van der Waals surface area contributed by atoms with Crippen LogP contribution < -0.4 is 5.32 Å². The number of rotatable bonds is 4. The molecule has 0 spiro atoms. The summed E-state index contributed by atoms with van der Waals surface area (Å²) in [4.78, 5) is 2.61. The van der Waals surface area contributed by atoms with Crippen LogP contribution in [-0.2, 0) is 6.54 Å². The lowest BCUT2D eigenvalue weighted by Crippen LogP contribution is -2.55. The van der Waals surface area contributed by atoms with Gasteiger partial charge in [-0.3, -0.25) is 0 Å². The van der Waals surface area contributed by atoms with Gasteiger partial charge in [0.05, 0.1) is 0 Å². The van der Waals surface area contributed by atoms with Crippen LogP contribution in [0.4, 0.5) is 0 Å². The highest BCUT2D eigenvalue weighted by Crippen LogP contribution is 2.27. The molecule has 3 fully saturated rings. The Hall–Kier alpha value is -0.860. The second kappa shape index (κ2) is 5.64. The van der Waals surface area contributed by atoms with E-state index >= 15 is 0 Å². The van der Waals surface area contributed by atoms with Gasteiger partial charge in [-0.1, -0.05) is 38.1 Å². The second-order valence-electron chi connectivity index (χ2n) is 6.52. The molecule has 0 unspecified atom stereocenters. The number of hydrogen-bond acceptors (Lipinski definition) is 2. The molecule has 0 aliphatic carbocycles. The van der Waals surface area contributed by atoms with E-state index < -0.39 is 0 Å². The van der Waals surface area contributed by atoms with E-state index in [4.69, 9.17) is 0 Å². The van der Waals surface area contributed by atoms with Crippen molar-refractivity contribution in [1.82, 2.24) is 10.2 Å². The van der Waals surface area contributed by atoms with E-state index in [2.05, 4.69) is 48.3 Å². The highest BCUT2D eigenvalue weighted by molar-refractivity contribution is 5.24. The van der Waals surface area contributed by atoms with Crippen molar-refractivity contribution in [3.63, 3.8) is 0 Å². The number of hydrogen-bond donors (Lipinski definition) is 1. The van der Waals surface area contributed by atoms with Gasteiger partial charge in [-0.25, -0.2) is 0 Å². The molecule has 3 saturated heterocycles. The smallest absolute Gasteiger partial charge is 0.0227 e. The molecule has 19 heavy (non-hydrogen) atoms. The summed E-state index contributed by atoms with van der Waals surface area (Å²) in [6.45, 7) is 9.43. The van der Waals surface area contributed by atoms with Crippen molar-refractivity contribution in [2.75, 3.05) is 19.6 Å². The third-order valence-electron chi connectivity index (χ3n) is 4.87. The Bertz CT molecular complexity index is 402. The fourth-order valence-electron chi connectivity index (χ4n) is 3.47. The summed E-state index contributed by atoms with van der Waals surface area (Å²) < 4.78 is 0. The van der Waals surface area contributed by atoms with Crippen molar-refractivity contribution in [2.45, 2.75) is 45.2 Å². The van der Waals surface area contributed by atoms with Crippen LogP contribution in [0.25, 0.3) is 0 Å². The fraction of sp³-hybridized carbons (Fsp3) is 0.647. The quantitative estimate of drug-likeness (QED) is 0.893. The molecule has 3 aliphatic heterocycles. The first-order valence-electron chi connectivity index (χ1n) is 7.77. The third kappa shape index (κ3) is 3.01. The largest absolute Gasteiger partial charge is 0.308 e. The zero-order chi connectivity index (χ0) is 13.2. The van der Waals surface area contributed by atoms with Crippen molar-refractivity contribution in [3.05, 3.63) is 35.4 Å². The van der Waals surface area contributed by atoms with Crippen LogP contribution in [0.2, 0.25) is 0 Å². The van der Waals surface area contributed by atoms with E-state index in [1.54, 1.807) is 0 Å². The Kier molecular flexibility index (Phi) is 3.90. The predicted octanol–water partition coefficient (Wildman–Crippen LogP) is 2.99. The van der Waals surface area contributed by atoms with Gasteiger partial charge in [0.15, 0.2) is 0 Å². The van der Waals surface area contributed by atoms with E-state index in [0.717, 1.165) is 12.5 Å². The van der Waals surface area contributed by atoms with Gasteiger partial charge in [0, 0.05) is 19.1 Å². The maximum Gasteiger partial charge on any atom is 0.0227 e. The molecule has 1 aromatic carbocycles. The minimum absolute atomic E-state index is 0.629. The Morgan fingerprint density at radius 2 is 1.84 bits per heavy atom. The topological polar surface area (TPSA) is 15.3 Å². The summed E-state index contributed by atoms with van der Waals surface area (Å²) in [5.41, 5.74) is 2.85. The lowest BCUT2D eigenvalue weighted by Gasteiger charge is -2.45. The third-order valence-corrected chi connectivity index (χ3v) is 4.87. The second-order valence-corrected chi connectivity index (χ2v) is 6.52. The van der Waals surface area contributed by atoms with Crippen molar-refractivity contribution in [3.8, 4) is 0 Å². The van der Waals surface area contributed by atoms with Crippen LogP contribution in [0.1, 0.15) is 43.7 Å². The fourth-order valence-corrected chi connectivity index (χ4v) is 3.47. The Morgan fingerprint density at radius 3 is 2.37 bits per heavy atom. The van der Waals surface area contributed by atoms with Gasteiger partial charge < -0.3 is 10.2 Å². The number of nitrogens with one attached hydrogen (secondary N) is 1. The number of nitrogens with zero attached hydrogens (tertiary/aromatic N) is 1. The van der Waals surface area contributed by atoms with Gasteiger partial charge in [0.25, 0.3) is 0 Å². The molecule has 2 nitrogen and oxygen atoms in total. The maximum absolute atomic E-state index is 3.78. The Morgan fingerprint density at radius 1 is 1.16 bits per heavy atom. The minimum atomic E-state index is 0.629. The molecular weight excluding hydrogens is 232 g/mol. The number of piperidine rings is 3. The number of benzene rings is 1. The summed E-state index contributed by atoms with van der Waals surface area (Å²) >= 11 is 0. The van der Waals surface area contributed by atoms with Crippen molar-refractivity contribution in [2.24, 2.45) is 5.92 Å². The van der Waals surface area contributed by atoms with Gasteiger partial charge in [0.2, 0.25) is 0 Å². The van der Waals surface area contributed by atoms with E-state index in [0.29, 0.717) is 12.0 Å². The molecule has 2 heteroatoms. The summed E-state index contributed by atoms with van der Waals surface area (Å²) in [6.07, 6.45) is 2.79. The minimum Gasteiger partial charge on any atom is -0.308 e. The zero-order valence-corrected chi connectivity index (χ0v) is 12.2. The molecule has 1 N–H and O–H groups in total. The molecule has 0 amide bonds. The summed E-state index contributed by atoms with van der Waals surface area (Å²) in [7, 11) is 0. The number of fused-ring (bicyclic) bond motifs is 3. The average Bonchev–Trinajstić information content (AvgIpc) is 2.47. The summed E-state index contributed by atoms with van der Waals surface area (Å²) in [5, 5.41) is 3.78. The molecule has 0 radical (unpaired) electrons. The van der Waals surface area contributed by atoms with Crippen LogP contribution in [0.3, 0.4) is 0 Å². The van der Waals surface area contributed by atoms with Crippen molar-refractivity contribution in [1.29, 1.82) is 0 Å². The van der Waals surface area contributed by atoms with E-state index in [1.807, 2.05) is 0 Å². The predicted molar refractivity (Wildman–Crippen MR) is 80.3 cm³/mol. The molecule has 0 saturated carbocycles. The molecule has 2 bridgehead atoms. The van der Waals surface area contributed by atoms with Crippen LogP contribution in [0.15, 0.2) is 24.3 Å². The summed E-state index contributed by atoms with van der Waals surface area (Å²) in [5.74, 6) is 1.55. The van der Waals surface area contributed by atoms with Gasteiger partial charge in [-0.15, -0.1) is 0 Å². The SMILES string of the molecule is CC(C)c1ccc(CN[C@@H]2CN3CCC2CC3)cc1. The van der Waals surface area contributed by atoms with Gasteiger partial charge >= 0.3 is 0 Å². The lowest BCUT2D eigenvalue weighted by atomic mass is 9.84. The monoisotopic (exact) mass is 258 g/mol. The van der Waals surface area contributed by atoms with Crippen molar-refractivity contribution < 1.29 is 0 Å². The van der Waals surface area contributed by atoms with Crippen LogP contribution in [0, 0.1) is 5.92 Å². The van der Waals surface area contributed by atoms with Crippen LogP contribution in [-0.4, -0.2) is 30.6 Å². The molecule has 1 aromatic rings. The molecule has 4 rings (SSSR count). The highest BCUT2D eigenvalue weighted by Gasteiger charge is 2.33. The highest BCUT2D eigenvalue weighted by atomic mass is 15.2. The Balaban J connectivity index is 1.54. The zero-order valence-electron chi connectivity index (χ0n) is 12.2.